The fourth-order valence-corrected chi connectivity index (χ4v) is 3.03. The van der Waals surface area contributed by atoms with Gasteiger partial charge in [0, 0.05) is 24.4 Å². The highest BCUT2D eigenvalue weighted by molar-refractivity contribution is 7.10. The highest BCUT2D eigenvalue weighted by Gasteiger charge is 2.33. The number of amides is 2. The zero-order valence-corrected chi connectivity index (χ0v) is 12.4. The van der Waals surface area contributed by atoms with Gasteiger partial charge in [-0.05, 0) is 24.3 Å². The van der Waals surface area contributed by atoms with Crippen LogP contribution >= 0.6 is 11.3 Å². The summed E-state index contributed by atoms with van der Waals surface area (Å²) in [7, 11) is 0. The number of aliphatic hydroxyl groups excluding tert-OH is 1. The molecule has 1 aromatic heterocycles. The predicted molar refractivity (Wildman–Crippen MR) is 77.3 cm³/mol. The number of carbonyl (C=O) groups excluding carboxylic acids is 2. The van der Waals surface area contributed by atoms with E-state index in [-0.39, 0.29) is 36.9 Å². The molecule has 1 aromatic rings. The molecule has 1 heterocycles. The van der Waals surface area contributed by atoms with Crippen molar-refractivity contribution in [2.24, 2.45) is 0 Å². The Morgan fingerprint density at radius 1 is 1.55 bits per heavy atom. The molecule has 2 N–H and O–H groups in total. The van der Waals surface area contributed by atoms with Gasteiger partial charge in [-0.1, -0.05) is 6.07 Å². The van der Waals surface area contributed by atoms with Crippen molar-refractivity contribution >= 4 is 23.2 Å². The van der Waals surface area contributed by atoms with E-state index >= 15 is 0 Å². The van der Waals surface area contributed by atoms with Crippen LogP contribution in [0.3, 0.4) is 0 Å². The van der Waals surface area contributed by atoms with Crippen molar-refractivity contribution in [1.29, 1.82) is 0 Å². The normalized spacial score (nSPS) is 15.7. The van der Waals surface area contributed by atoms with E-state index in [2.05, 4.69) is 5.32 Å². The van der Waals surface area contributed by atoms with Crippen LogP contribution in [0.15, 0.2) is 17.5 Å². The van der Waals surface area contributed by atoms with Crippen LogP contribution in [0.4, 0.5) is 0 Å². The lowest BCUT2D eigenvalue weighted by molar-refractivity contribution is -0.133. The van der Waals surface area contributed by atoms with E-state index in [4.69, 9.17) is 5.11 Å². The first-order chi connectivity index (χ1) is 9.61. The third-order valence-corrected chi connectivity index (χ3v) is 4.28. The summed E-state index contributed by atoms with van der Waals surface area (Å²) in [5.41, 5.74) is 0. The Labute approximate surface area is 122 Å². The molecule has 1 unspecified atom stereocenters. The zero-order chi connectivity index (χ0) is 14.5. The molecule has 2 amide bonds. The number of rotatable bonds is 7. The summed E-state index contributed by atoms with van der Waals surface area (Å²) in [5.74, 6) is -0.148. The minimum Gasteiger partial charge on any atom is -0.395 e. The third kappa shape index (κ3) is 4.05. The first-order valence-corrected chi connectivity index (χ1v) is 7.70. The van der Waals surface area contributed by atoms with Crippen LogP contribution in [-0.2, 0) is 9.59 Å². The van der Waals surface area contributed by atoms with E-state index in [1.54, 1.807) is 4.90 Å². The van der Waals surface area contributed by atoms with Crippen molar-refractivity contribution in [1.82, 2.24) is 10.2 Å². The van der Waals surface area contributed by atoms with Gasteiger partial charge in [-0.15, -0.1) is 11.3 Å². The van der Waals surface area contributed by atoms with Crippen LogP contribution < -0.4 is 5.32 Å². The third-order valence-electron chi connectivity index (χ3n) is 3.29. The predicted octanol–water partition coefficient (Wildman–Crippen LogP) is 1.30. The van der Waals surface area contributed by atoms with Gasteiger partial charge in [0.25, 0.3) is 0 Å². The average molecular weight is 296 g/mol. The lowest BCUT2D eigenvalue weighted by Gasteiger charge is -2.24. The quantitative estimate of drug-likeness (QED) is 0.797. The number of carbonyl (C=O) groups is 2. The van der Waals surface area contributed by atoms with Crippen LogP contribution in [-0.4, -0.2) is 41.0 Å². The second-order valence-corrected chi connectivity index (χ2v) is 5.99. The summed E-state index contributed by atoms with van der Waals surface area (Å²) in [6, 6.07) is 3.83. The summed E-state index contributed by atoms with van der Waals surface area (Å²) < 4.78 is 0. The lowest BCUT2D eigenvalue weighted by atomic mass is 10.1. The van der Waals surface area contributed by atoms with Gasteiger partial charge in [0.15, 0.2) is 0 Å². The van der Waals surface area contributed by atoms with Crippen molar-refractivity contribution in [2.45, 2.75) is 38.3 Å². The largest absolute Gasteiger partial charge is 0.395 e. The maximum absolute atomic E-state index is 12.4. The van der Waals surface area contributed by atoms with E-state index in [0.717, 1.165) is 17.7 Å². The molecule has 5 nitrogen and oxygen atoms in total. The van der Waals surface area contributed by atoms with Gasteiger partial charge in [-0.2, -0.15) is 0 Å². The fraction of sp³-hybridized carbons (Fsp3) is 0.571. The molecule has 1 aliphatic rings. The Bertz CT molecular complexity index is 457. The van der Waals surface area contributed by atoms with Gasteiger partial charge < -0.3 is 15.3 Å². The molecule has 0 spiro atoms. The second kappa shape index (κ2) is 6.85. The van der Waals surface area contributed by atoms with E-state index in [9.17, 15) is 9.59 Å². The number of aliphatic hydroxyl groups is 1. The lowest BCUT2D eigenvalue weighted by Crippen LogP contribution is -2.38. The van der Waals surface area contributed by atoms with E-state index in [1.807, 2.05) is 17.5 Å². The van der Waals surface area contributed by atoms with Gasteiger partial charge in [-0.3, -0.25) is 9.59 Å². The Morgan fingerprint density at radius 3 is 2.80 bits per heavy atom. The highest BCUT2D eigenvalue weighted by Crippen LogP contribution is 2.29. The Hall–Kier alpha value is -1.40. The number of nitrogens with zero attached hydrogens (tertiary/aromatic N) is 1. The minimum absolute atomic E-state index is 0.00583. The molecule has 0 aliphatic heterocycles. The maximum Gasteiger partial charge on any atom is 0.225 e. The summed E-state index contributed by atoms with van der Waals surface area (Å²) in [5, 5.41) is 13.8. The van der Waals surface area contributed by atoms with Crippen molar-refractivity contribution in [2.75, 3.05) is 13.2 Å². The molecule has 1 aliphatic carbocycles. The van der Waals surface area contributed by atoms with E-state index in [0.29, 0.717) is 6.54 Å². The first-order valence-electron chi connectivity index (χ1n) is 6.82. The van der Waals surface area contributed by atoms with Crippen molar-refractivity contribution in [3.63, 3.8) is 0 Å². The number of thiophene rings is 1. The van der Waals surface area contributed by atoms with Crippen LogP contribution in [0, 0.1) is 0 Å². The summed E-state index contributed by atoms with van der Waals surface area (Å²) in [4.78, 5) is 26.4. The molecule has 1 saturated carbocycles. The minimum atomic E-state index is -0.278. The van der Waals surface area contributed by atoms with Crippen LogP contribution in [0.25, 0.3) is 0 Å². The number of nitrogens with one attached hydrogen (secondary N) is 1. The van der Waals surface area contributed by atoms with Gasteiger partial charge in [-0.25, -0.2) is 0 Å². The van der Waals surface area contributed by atoms with Crippen molar-refractivity contribution < 1.29 is 14.7 Å². The smallest absolute Gasteiger partial charge is 0.225 e. The zero-order valence-electron chi connectivity index (χ0n) is 11.5. The molecule has 6 heteroatoms. The number of hydrogen-bond donors (Lipinski definition) is 2. The second-order valence-electron chi connectivity index (χ2n) is 5.01. The van der Waals surface area contributed by atoms with Gasteiger partial charge in [0.2, 0.25) is 11.8 Å². The topological polar surface area (TPSA) is 69.6 Å². The van der Waals surface area contributed by atoms with Gasteiger partial charge >= 0.3 is 0 Å². The highest BCUT2D eigenvalue weighted by atomic mass is 32.1. The first kappa shape index (κ1) is 15.0. The molecule has 0 bridgehead atoms. The fourth-order valence-electron chi connectivity index (χ4n) is 2.25. The number of hydrogen-bond acceptors (Lipinski definition) is 4. The van der Waals surface area contributed by atoms with E-state index < -0.39 is 0 Å². The van der Waals surface area contributed by atoms with Crippen LogP contribution in [0.1, 0.15) is 37.1 Å². The van der Waals surface area contributed by atoms with Crippen molar-refractivity contribution in [3.8, 4) is 0 Å². The molecule has 0 radical (unpaired) electrons. The maximum atomic E-state index is 12.4. The van der Waals surface area contributed by atoms with Crippen LogP contribution in [0.2, 0.25) is 0 Å². The monoisotopic (exact) mass is 296 g/mol. The van der Waals surface area contributed by atoms with E-state index in [1.165, 1.54) is 18.3 Å². The molecule has 0 aromatic carbocycles. The Balaban J connectivity index is 2.02. The van der Waals surface area contributed by atoms with Gasteiger partial charge in [0.05, 0.1) is 19.1 Å². The molecule has 20 heavy (non-hydrogen) atoms. The van der Waals surface area contributed by atoms with Crippen LogP contribution in [0.5, 0.6) is 0 Å². The SMILES string of the molecule is CC(=O)NC(CC(=O)N(CCO)C1CC1)c1cccs1. The van der Waals surface area contributed by atoms with Crippen molar-refractivity contribution in [3.05, 3.63) is 22.4 Å². The molecular weight excluding hydrogens is 276 g/mol. The molecule has 1 atom stereocenters. The standard InChI is InChI=1S/C14H20N2O3S/c1-10(18)15-12(13-3-2-8-20-13)9-14(19)16(6-7-17)11-4-5-11/h2-3,8,11-12,17H,4-7,9H2,1H3,(H,15,18). The summed E-state index contributed by atoms with van der Waals surface area (Å²) in [6.07, 6.45) is 2.27. The molecule has 0 saturated heterocycles. The molecule has 110 valence electrons. The molecule has 1 fully saturated rings. The molecule has 2 rings (SSSR count). The van der Waals surface area contributed by atoms with Gasteiger partial charge in [0.1, 0.15) is 0 Å². The Morgan fingerprint density at radius 2 is 2.30 bits per heavy atom. The Kier molecular flexibility index (Phi) is 5.14. The molecular formula is C14H20N2O3S. The average Bonchev–Trinajstić information content (AvgIpc) is 3.07. The summed E-state index contributed by atoms with van der Waals surface area (Å²) in [6.45, 7) is 1.81. The summed E-state index contributed by atoms with van der Waals surface area (Å²) >= 11 is 1.53.